The molecule has 1 N–H and O–H groups in total. The van der Waals surface area contributed by atoms with Crippen LogP contribution in [0.2, 0.25) is 0 Å². The molecule has 0 saturated carbocycles. The van der Waals surface area contributed by atoms with Crippen molar-refractivity contribution in [2.24, 2.45) is 0 Å². The van der Waals surface area contributed by atoms with Crippen LogP contribution in [0.5, 0.6) is 0 Å². The first-order valence-corrected chi connectivity index (χ1v) is 6.58. The fraction of sp³-hybridized carbons (Fsp3) is 0.188. The van der Waals surface area contributed by atoms with Crippen molar-refractivity contribution in [1.82, 2.24) is 0 Å². The molecule has 1 atom stereocenters. The molecule has 0 aromatic heterocycles. The molecule has 0 saturated heterocycles. The molecule has 2 aromatic carbocycles. The highest BCUT2D eigenvalue weighted by molar-refractivity contribution is 6.32. The van der Waals surface area contributed by atoms with E-state index >= 15 is 0 Å². The van der Waals surface area contributed by atoms with Crippen LogP contribution in [0, 0.1) is 13.8 Å². The predicted octanol–water partition coefficient (Wildman–Crippen LogP) is 4.22. The summed E-state index contributed by atoms with van der Waals surface area (Å²) in [4.78, 5) is 12.1. The van der Waals surface area contributed by atoms with Gasteiger partial charge in [0.05, 0.1) is 0 Å². The molecule has 0 aliphatic rings. The Morgan fingerprint density at radius 2 is 1.79 bits per heavy atom. The summed E-state index contributed by atoms with van der Waals surface area (Å²) in [5, 5.41) is 2.20. The first-order valence-electron chi connectivity index (χ1n) is 6.15. The first-order chi connectivity index (χ1) is 9.08. The maximum Gasteiger partial charge on any atom is 0.246 e. The van der Waals surface area contributed by atoms with Crippen LogP contribution < -0.4 is 5.32 Å². The second-order valence-corrected chi connectivity index (χ2v) is 5.02. The number of benzene rings is 2. The van der Waals surface area contributed by atoms with Gasteiger partial charge in [-0.3, -0.25) is 4.79 Å². The van der Waals surface area contributed by atoms with Crippen LogP contribution >= 0.6 is 11.6 Å². The Morgan fingerprint density at radius 3 is 2.47 bits per heavy atom. The topological polar surface area (TPSA) is 29.1 Å². The van der Waals surface area contributed by atoms with Gasteiger partial charge in [-0.25, -0.2) is 0 Å². The Hall–Kier alpha value is -1.80. The van der Waals surface area contributed by atoms with E-state index in [2.05, 4.69) is 5.32 Å². The number of alkyl halides is 1. The summed E-state index contributed by atoms with van der Waals surface area (Å²) < 4.78 is 0. The summed E-state index contributed by atoms with van der Waals surface area (Å²) in [6.07, 6.45) is 0. The minimum Gasteiger partial charge on any atom is -0.324 e. The summed E-state index contributed by atoms with van der Waals surface area (Å²) in [5.41, 5.74) is 3.74. The zero-order chi connectivity index (χ0) is 13.8. The maximum absolute atomic E-state index is 12.1. The molecule has 98 valence electrons. The standard InChI is InChI=1S/C16H16ClNO/c1-11-8-9-12(2)14(10-11)18-16(19)15(17)13-6-4-3-5-7-13/h3-10,15H,1-2H3,(H,18,19). The van der Waals surface area contributed by atoms with Crippen LogP contribution in [-0.2, 0) is 4.79 Å². The fourth-order valence-corrected chi connectivity index (χ4v) is 2.04. The highest BCUT2D eigenvalue weighted by Gasteiger charge is 2.17. The number of carbonyl (C=O) groups is 1. The van der Waals surface area contributed by atoms with Crippen molar-refractivity contribution in [3.63, 3.8) is 0 Å². The van der Waals surface area contributed by atoms with Crippen LogP contribution in [0.4, 0.5) is 5.69 Å². The molecule has 1 unspecified atom stereocenters. The molecule has 0 spiro atoms. The largest absolute Gasteiger partial charge is 0.324 e. The van der Waals surface area contributed by atoms with E-state index in [9.17, 15) is 4.79 Å². The summed E-state index contributed by atoms with van der Waals surface area (Å²) in [5.74, 6) is -0.207. The van der Waals surface area contributed by atoms with Gasteiger partial charge in [0.25, 0.3) is 0 Å². The summed E-state index contributed by atoms with van der Waals surface area (Å²) in [7, 11) is 0. The minimum atomic E-state index is -0.680. The average Bonchev–Trinajstić information content (AvgIpc) is 2.43. The number of carbonyl (C=O) groups excluding carboxylic acids is 1. The number of hydrogen-bond donors (Lipinski definition) is 1. The van der Waals surface area contributed by atoms with Gasteiger partial charge in [0.2, 0.25) is 5.91 Å². The molecular weight excluding hydrogens is 258 g/mol. The summed E-state index contributed by atoms with van der Waals surface area (Å²) >= 11 is 6.19. The third kappa shape index (κ3) is 3.36. The van der Waals surface area contributed by atoms with E-state index in [0.29, 0.717) is 0 Å². The van der Waals surface area contributed by atoms with Gasteiger partial charge in [0.15, 0.2) is 0 Å². The first kappa shape index (κ1) is 13.6. The van der Waals surface area contributed by atoms with Gasteiger partial charge in [-0.2, -0.15) is 0 Å². The van der Waals surface area contributed by atoms with Crippen LogP contribution in [-0.4, -0.2) is 5.91 Å². The molecule has 0 fully saturated rings. The van der Waals surface area contributed by atoms with Crippen molar-refractivity contribution in [3.05, 3.63) is 65.2 Å². The van der Waals surface area contributed by atoms with E-state index in [4.69, 9.17) is 11.6 Å². The third-order valence-corrected chi connectivity index (χ3v) is 3.42. The van der Waals surface area contributed by atoms with Crippen molar-refractivity contribution in [2.75, 3.05) is 5.32 Å². The lowest BCUT2D eigenvalue weighted by atomic mass is 10.1. The molecular formula is C16H16ClNO. The quantitative estimate of drug-likeness (QED) is 0.834. The number of halogens is 1. The SMILES string of the molecule is Cc1ccc(C)c(NC(=O)C(Cl)c2ccccc2)c1. The van der Waals surface area contributed by atoms with Gasteiger partial charge < -0.3 is 5.32 Å². The average molecular weight is 274 g/mol. The number of nitrogens with one attached hydrogen (secondary N) is 1. The van der Waals surface area contributed by atoms with Gasteiger partial charge in [0.1, 0.15) is 5.38 Å². The summed E-state index contributed by atoms with van der Waals surface area (Å²) in [6, 6.07) is 15.3. The second-order valence-electron chi connectivity index (χ2n) is 4.58. The van der Waals surface area contributed by atoms with Gasteiger partial charge in [-0.05, 0) is 36.6 Å². The molecule has 2 aromatic rings. The van der Waals surface area contributed by atoms with Gasteiger partial charge in [-0.15, -0.1) is 11.6 Å². The van der Waals surface area contributed by atoms with Gasteiger partial charge >= 0.3 is 0 Å². The Bertz CT molecular complexity index is 581. The number of amides is 1. The van der Waals surface area contributed by atoms with Gasteiger partial charge in [0, 0.05) is 5.69 Å². The fourth-order valence-electron chi connectivity index (χ4n) is 1.84. The number of rotatable bonds is 3. The molecule has 0 bridgehead atoms. The molecule has 0 heterocycles. The lowest BCUT2D eigenvalue weighted by Gasteiger charge is -2.13. The monoisotopic (exact) mass is 273 g/mol. The minimum absolute atomic E-state index is 0.207. The van der Waals surface area contributed by atoms with Crippen LogP contribution in [0.3, 0.4) is 0 Å². The van der Waals surface area contributed by atoms with Crippen LogP contribution in [0.15, 0.2) is 48.5 Å². The van der Waals surface area contributed by atoms with E-state index in [1.807, 2.05) is 62.4 Å². The zero-order valence-electron chi connectivity index (χ0n) is 11.0. The van der Waals surface area contributed by atoms with Crippen molar-refractivity contribution < 1.29 is 4.79 Å². The highest BCUT2D eigenvalue weighted by Crippen LogP contribution is 2.24. The third-order valence-electron chi connectivity index (χ3n) is 2.97. The van der Waals surface area contributed by atoms with E-state index in [1.165, 1.54) is 0 Å². The smallest absolute Gasteiger partial charge is 0.246 e. The normalized spacial score (nSPS) is 11.9. The molecule has 19 heavy (non-hydrogen) atoms. The zero-order valence-corrected chi connectivity index (χ0v) is 11.7. The molecule has 0 aliphatic heterocycles. The van der Waals surface area contributed by atoms with Crippen molar-refractivity contribution in [2.45, 2.75) is 19.2 Å². The highest BCUT2D eigenvalue weighted by atomic mass is 35.5. The predicted molar refractivity (Wildman–Crippen MR) is 79.6 cm³/mol. The van der Waals surface area contributed by atoms with Crippen molar-refractivity contribution in [1.29, 1.82) is 0 Å². The molecule has 3 heteroatoms. The van der Waals surface area contributed by atoms with E-state index in [0.717, 1.165) is 22.4 Å². The Kier molecular flexibility index (Phi) is 4.23. The van der Waals surface area contributed by atoms with Gasteiger partial charge in [-0.1, -0.05) is 42.5 Å². The van der Waals surface area contributed by atoms with Crippen LogP contribution in [0.1, 0.15) is 22.1 Å². The maximum atomic E-state index is 12.1. The molecule has 2 nitrogen and oxygen atoms in total. The molecule has 2 rings (SSSR count). The number of aryl methyl sites for hydroxylation is 2. The lowest BCUT2D eigenvalue weighted by Crippen LogP contribution is -2.18. The molecule has 0 radical (unpaired) electrons. The number of hydrogen-bond acceptors (Lipinski definition) is 1. The van der Waals surface area contributed by atoms with E-state index in [1.54, 1.807) is 0 Å². The Labute approximate surface area is 118 Å². The Morgan fingerprint density at radius 1 is 1.11 bits per heavy atom. The molecule has 0 aliphatic carbocycles. The number of anilines is 1. The van der Waals surface area contributed by atoms with Crippen molar-refractivity contribution >= 4 is 23.2 Å². The lowest BCUT2D eigenvalue weighted by molar-refractivity contribution is -0.116. The van der Waals surface area contributed by atoms with E-state index < -0.39 is 5.38 Å². The van der Waals surface area contributed by atoms with E-state index in [-0.39, 0.29) is 5.91 Å². The second kappa shape index (κ2) is 5.89. The van der Waals surface area contributed by atoms with Crippen LogP contribution in [0.25, 0.3) is 0 Å². The molecule has 1 amide bonds. The Balaban J connectivity index is 2.15. The summed E-state index contributed by atoms with van der Waals surface area (Å²) in [6.45, 7) is 3.95. The van der Waals surface area contributed by atoms with Crippen molar-refractivity contribution in [3.8, 4) is 0 Å².